The molecule has 1 atom stereocenters. The van der Waals surface area contributed by atoms with Gasteiger partial charge in [0.2, 0.25) is 5.91 Å². The van der Waals surface area contributed by atoms with Crippen molar-refractivity contribution in [3.63, 3.8) is 0 Å². The van der Waals surface area contributed by atoms with Gasteiger partial charge in [0, 0.05) is 5.41 Å². The molecule has 19 heavy (non-hydrogen) atoms. The van der Waals surface area contributed by atoms with Gasteiger partial charge in [0.25, 0.3) is 0 Å². The molecule has 0 aliphatic carbocycles. The fraction of sp³-hybridized carbons (Fsp3) is 0.417. The first kappa shape index (κ1) is 18.2. The molecular formula is C12H18LiNO4S. The van der Waals surface area contributed by atoms with Crippen molar-refractivity contribution in [2.75, 3.05) is 12.4 Å². The molecule has 0 spiro atoms. The van der Waals surface area contributed by atoms with Gasteiger partial charge in [-0.15, -0.1) is 0 Å². The topological polar surface area (TPSA) is 75.6 Å². The number of methoxy groups -OCH3 is 1. The van der Waals surface area contributed by atoms with Gasteiger partial charge in [0.1, 0.15) is 10.6 Å². The van der Waals surface area contributed by atoms with E-state index in [1.165, 1.54) is 7.11 Å². The number of nitrogens with one attached hydrogen (secondary N) is 1. The molecule has 1 rings (SSSR count). The number of anilines is 1. The van der Waals surface area contributed by atoms with E-state index >= 15 is 0 Å². The van der Waals surface area contributed by atoms with Crippen molar-refractivity contribution >= 4 is 22.7 Å². The maximum absolute atomic E-state index is 11.9. The molecule has 0 saturated carbocycles. The van der Waals surface area contributed by atoms with Gasteiger partial charge in [-0.2, -0.15) is 0 Å². The maximum Gasteiger partial charge on any atom is 1.00 e. The van der Waals surface area contributed by atoms with E-state index < -0.39 is 16.5 Å². The van der Waals surface area contributed by atoms with E-state index in [1.54, 1.807) is 39.0 Å². The van der Waals surface area contributed by atoms with Gasteiger partial charge >= 0.3 is 18.9 Å². The third-order valence-electron chi connectivity index (χ3n) is 2.30. The minimum atomic E-state index is -2.23. The summed E-state index contributed by atoms with van der Waals surface area (Å²) >= 11 is -2.23. The van der Waals surface area contributed by atoms with Crippen molar-refractivity contribution in [3.05, 3.63) is 18.2 Å². The zero-order valence-electron chi connectivity index (χ0n) is 12.8. The number of hydrogen-bond donors (Lipinski definition) is 2. The van der Waals surface area contributed by atoms with Gasteiger partial charge in [-0.1, -0.05) is 26.8 Å². The molecule has 0 fully saturated rings. The van der Waals surface area contributed by atoms with Crippen LogP contribution in [0.25, 0.3) is 0 Å². The van der Waals surface area contributed by atoms with Crippen LogP contribution in [0.3, 0.4) is 0 Å². The van der Waals surface area contributed by atoms with Crippen LogP contribution in [0.2, 0.25) is 0 Å². The molecule has 0 aromatic heterocycles. The molecule has 0 heterocycles. The third-order valence-corrected chi connectivity index (χ3v) is 3.07. The van der Waals surface area contributed by atoms with Crippen molar-refractivity contribution in [2.24, 2.45) is 5.41 Å². The van der Waals surface area contributed by atoms with Crippen molar-refractivity contribution in [1.82, 2.24) is 0 Å². The smallest absolute Gasteiger partial charge is 1.00 e. The molecule has 0 aliphatic rings. The van der Waals surface area contributed by atoms with Crippen LogP contribution in [0.15, 0.2) is 23.1 Å². The fourth-order valence-corrected chi connectivity index (χ4v) is 1.90. The van der Waals surface area contributed by atoms with E-state index in [0.29, 0.717) is 0 Å². The third kappa shape index (κ3) is 4.66. The number of carbonyl (C=O) groups excluding carboxylic acids is 1. The Kier molecular flexibility index (Phi) is 6.81. The second kappa shape index (κ2) is 7.11. The normalized spacial score (nSPS) is 12.3. The predicted molar refractivity (Wildman–Crippen MR) is 71.2 cm³/mol. The number of hydrogen-bond acceptors (Lipinski definition) is 3. The maximum atomic E-state index is 11.9. The zero-order chi connectivity index (χ0) is 13.9. The Morgan fingerprint density at radius 3 is 2.42 bits per heavy atom. The van der Waals surface area contributed by atoms with Crippen LogP contribution in [0.1, 0.15) is 22.2 Å². The van der Waals surface area contributed by atoms with Crippen LogP contribution in [0.5, 0.6) is 5.75 Å². The van der Waals surface area contributed by atoms with Crippen LogP contribution in [0.4, 0.5) is 5.69 Å². The molecule has 102 valence electrons. The number of benzene rings is 1. The van der Waals surface area contributed by atoms with Crippen LogP contribution in [-0.2, 0) is 15.9 Å². The number of carbonyl (C=O) groups is 1. The zero-order valence-corrected chi connectivity index (χ0v) is 12.6. The summed E-state index contributed by atoms with van der Waals surface area (Å²) in [5.74, 6) is 0.0324. The molecule has 0 radical (unpaired) electrons. The molecule has 1 unspecified atom stereocenters. The average Bonchev–Trinajstić information content (AvgIpc) is 2.26. The predicted octanol–water partition coefficient (Wildman–Crippen LogP) is -0.623. The summed E-state index contributed by atoms with van der Waals surface area (Å²) in [6.07, 6.45) is 0. The summed E-state index contributed by atoms with van der Waals surface area (Å²) in [6.45, 7) is 5.29. The van der Waals surface area contributed by atoms with E-state index in [2.05, 4.69) is 5.32 Å². The molecule has 0 bridgehead atoms. The van der Waals surface area contributed by atoms with Gasteiger partial charge < -0.3 is 16.0 Å². The summed E-state index contributed by atoms with van der Waals surface area (Å²) < 4.78 is 25.6. The van der Waals surface area contributed by atoms with Crippen molar-refractivity contribution in [1.29, 1.82) is 0 Å². The van der Waals surface area contributed by atoms with E-state index in [-0.39, 0.29) is 42.5 Å². The van der Waals surface area contributed by atoms with E-state index in [1.807, 2.05) is 0 Å². The Balaban J connectivity index is 0. The van der Waals surface area contributed by atoms with E-state index in [0.717, 1.165) is 0 Å². The Hall–Kier alpha value is -0.803. The molecule has 5 nitrogen and oxygen atoms in total. The van der Waals surface area contributed by atoms with Crippen LogP contribution < -0.4 is 28.9 Å². The van der Waals surface area contributed by atoms with E-state index in [4.69, 9.17) is 4.74 Å². The summed E-state index contributed by atoms with van der Waals surface area (Å²) in [7, 11) is 1.40. The van der Waals surface area contributed by atoms with Gasteiger partial charge in [-0.25, -0.2) is 4.21 Å². The minimum absolute atomic E-state index is 0. The molecule has 2 N–H and O–H groups in total. The fourth-order valence-electron chi connectivity index (χ4n) is 1.26. The van der Waals surface area contributed by atoms with Crippen molar-refractivity contribution in [2.45, 2.75) is 25.7 Å². The second-order valence-electron chi connectivity index (χ2n) is 4.79. The Labute approximate surface area is 129 Å². The van der Waals surface area contributed by atoms with Gasteiger partial charge in [-0.05, 0) is 12.1 Å². The Bertz CT molecular complexity index is 491. The first-order valence-corrected chi connectivity index (χ1v) is 6.47. The van der Waals surface area contributed by atoms with Crippen LogP contribution in [-0.4, -0.2) is 21.8 Å². The summed E-state index contributed by atoms with van der Waals surface area (Å²) in [6, 6.07) is 4.78. The average molecular weight is 279 g/mol. The number of rotatable bonds is 3. The summed E-state index contributed by atoms with van der Waals surface area (Å²) in [4.78, 5) is 11.9. The molecule has 0 saturated heterocycles. The van der Waals surface area contributed by atoms with Crippen molar-refractivity contribution < 1.29 is 38.6 Å². The minimum Gasteiger partial charge on any atom is -1.00 e. The summed E-state index contributed by atoms with van der Waals surface area (Å²) in [5, 5.41) is 2.63. The molecule has 1 aromatic rings. The monoisotopic (exact) mass is 279 g/mol. The van der Waals surface area contributed by atoms with Crippen LogP contribution in [0, 0.1) is 5.41 Å². The Morgan fingerprint density at radius 2 is 2.00 bits per heavy atom. The molecule has 1 aromatic carbocycles. The molecule has 0 aliphatic heterocycles. The largest absolute Gasteiger partial charge is 1.00 e. The van der Waals surface area contributed by atoms with Crippen LogP contribution >= 0.6 is 0 Å². The molecular weight excluding hydrogens is 261 g/mol. The van der Waals surface area contributed by atoms with Gasteiger partial charge in [0.05, 0.1) is 12.8 Å². The first-order chi connectivity index (χ1) is 8.27. The Morgan fingerprint density at radius 1 is 1.42 bits per heavy atom. The van der Waals surface area contributed by atoms with Crippen molar-refractivity contribution in [3.8, 4) is 5.75 Å². The standard InChI is InChI=1S/C12H17NO4S.Li.H/c1-12(2,3)11(14)13-8-6-5-7-9(17-4)10(8)18(15)16;;/h5-7H,1-4H3,(H,13,14)(H,15,16);;/q;+1;-1. The molecule has 1 amide bonds. The SMILES string of the molecule is COc1cccc(NC(=O)C(C)(C)C)c1S(=O)O.[H-].[Li+]. The first-order valence-electron chi connectivity index (χ1n) is 5.36. The van der Waals surface area contributed by atoms with E-state index in [9.17, 15) is 13.6 Å². The number of ether oxygens (including phenoxy) is 1. The van der Waals surface area contributed by atoms with Gasteiger partial charge in [-0.3, -0.25) is 4.79 Å². The molecule has 7 heteroatoms. The quantitative estimate of drug-likeness (QED) is 0.571. The van der Waals surface area contributed by atoms with Gasteiger partial charge in [0.15, 0.2) is 11.1 Å². The number of amides is 1. The second-order valence-corrected chi connectivity index (χ2v) is 5.70. The summed E-state index contributed by atoms with van der Waals surface area (Å²) in [5.41, 5.74) is -0.299.